The summed E-state index contributed by atoms with van der Waals surface area (Å²) in [5.74, 6) is 0. The largest absolute Gasteiger partial charge is 0.350 e. The highest BCUT2D eigenvalue weighted by Crippen LogP contribution is 2.04. The lowest BCUT2D eigenvalue weighted by Gasteiger charge is -2.16. The lowest BCUT2D eigenvalue weighted by atomic mass is 10.3. The minimum atomic E-state index is -0.515. The van der Waals surface area contributed by atoms with Gasteiger partial charge in [-0.1, -0.05) is 18.2 Å². The van der Waals surface area contributed by atoms with E-state index in [1.807, 2.05) is 30.3 Å². The minimum Gasteiger partial charge on any atom is -0.350 e. The van der Waals surface area contributed by atoms with Gasteiger partial charge in [0.25, 0.3) is 0 Å². The standard InChI is InChI=1S/C8H11N3O/c1-11(8(9)12)10-7-5-3-2-4-6-7/h2-6,10H,1H3,(H2,9,12). The van der Waals surface area contributed by atoms with Gasteiger partial charge in [-0.25, -0.2) is 9.80 Å². The van der Waals surface area contributed by atoms with Gasteiger partial charge in [-0.3, -0.25) is 5.43 Å². The summed E-state index contributed by atoms with van der Waals surface area (Å²) in [6.07, 6.45) is 0. The summed E-state index contributed by atoms with van der Waals surface area (Å²) < 4.78 is 0. The van der Waals surface area contributed by atoms with E-state index in [0.29, 0.717) is 0 Å². The molecule has 0 aliphatic heterocycles. The number of carbonyl (C=O) groups excluding carboxylic acids is 1. The van der Waals surface area contributed by atoms with Crippen LogP contribution in [0.25, 0.3) is 0 Å². The fourth-order valence-corrected chi connectivity index (χ4v) is 0.761. The van der Waals surface area contributed by atoms with Crippen LogP contribution in [0.3, 0.4) is 0 Å². The van der Waals surface area contributed by atoms with E-state index in [0.717, 1.165) is 5.69 Å². The Kier molecular flexibility index (Phi) is 2.53. The summed E-state index contributed by atoms with van der Waals surface area (Å²) in [6.45, 7) is 0. The van der Waals surface area contributed by atoms with Gasteiger partial charge < -0.3 is 5.73 Å². The summed E-state index contributed by atoms with van der Waals surface area (Å²) in [5, 5.41) is 1.22. The van der Waals surface area contributed by atoms with Gasteiger partial charge in [0.15, 0.2) is 0 Å². The number of hydrazine groups is 1. The third kappa shape index (κ3) is 2.16. The number of primary amides is 1. The molecule has 0 saturated heterocycles. The highest BCUT2D eigenvalue weighted by Gasteiger charge is 2.00. The molecule has 4 heteroatoms. The Morgan fingerprint density at radius 1 is 1.42 bits per heavy atom. The molecule has 4 nitrogen and oxygen atoms in total. The van der Waals surface area contributed by atoms with Crippen LogP contribution in [0.1, 0.15) is 0 Å². The number of hydrogen-bond donors (Lipinski definition) is 2. The average molecular weight is 165 g/mol. The molecule has 0 aliphatic rings. The molecule has 0 aromatic heterocycles. The van der Waals surface area contributed by atoms with Gasteiger partial charge in [0, 0.05) is 7.05 Å². The van der Waals surface area contributed by atoms with Gasteiger partial charge >= 0.3 is 6.03 Å². The van der Waals surface area contributed by atoms with Gasteiger partial charge in [-0.05, 0) is 12.1 Å². The highest BCUT2D eigenvalue weighted by molar-refractivity contribution is 5.73. The predicted molar refractivity (Wildman–Crippen MR) is 47.4 cm³/mol. The first-order valence-corrected chi connectivity index (χ1v) is 3.55. The molecular weight excluding hydrogens is 154 g/mol. The zero-order chi connectivity index (χ0) is 8.97. The first-order chi connectivity index (χ1) is 5.70. The Balaban J connectivity index is 2.58. The Labute approximate surface area is 70.9 Å². The fraction of sp³-hybridized carbons (Fsp3) is 0.125. The molecule has 0 aliphatic carbocycles. The van der Waals surface area contributed by atoms with Crippen molar-refractivity contribution in [1.29, 1.82) is 0 Å². The van der Waals surface area contributed by atoms with E-state index in [4.69, 9.17) is 5.73 Å². The number of nitrogens with two attached hydrogens (primary N) is 1. The number of para-hydroxylation sites is 1. The number of amides is 2. The first-order valence-electron chi connectivity index (χ1n) is 3.55. The molecule has 64 valence electrons. The van der Waals surface area contributed by atoms with Gasteiger partial charge in [0.2, 0.25) is 0 Å². The van der Waals surface area contributed by atoms with Crippen LogP contribution in [0.4, 0.5) is 10.5 Å². The average Bonchev–Trinajstić information content (AvgIpc) is 2.06. The van der Waals surface area contributed by atoms with Crippen molar-refractivity contribution in [3.05, 3.63) is 30.3 Å². The quantitative estimate of drug-likeness (QED) is 0.643. The van der Waals surface area contributed by atoms with Gasteiger partial charge in [-0.2, -0.15) is 0 Å². The number of anilines is 1. The van der Waals surface area contributed by atoms with E-state index in [2.05, 4.69) is 5.43 Å². The topological polar surface area (TPSA) is 58.4 Å². The number of rotatable bonds is 2. The zero-order valence-corrected chi connectivity index (χ0v) is 6.82. The molecule has 0 unspecified atom stereocenters. The van der Waals surface area contributed by atoms with Crippen LogP contribution in [-0.4, -0.2) is 18.1 Å². The van der Waals surface area contributed by atoms with Crippen molar-refractivity contribution in [2.45, 2.75) is 0 Å². The molecule has 0 saturated carbocycles. The normalized spacial score (nSPS) is 9.08. The van der Waals surface area contributed by atoms with E-state index in [1.54, 1.807) is 7.05 Å². The van der Waals surface area contributed by atoms with E-state index in [1.165, 1.54) is 5.01 Å². The summed E-state index contributed by atoms with van der Waals surface area (Å²) in [6, 6.07) is 8.82. The number of nitrogens with one attached hydrogen (secondary N) is 1. The van der Waals surface area contributed by atoms with Crippen molar-refractivity contribution in [3.63, 3.8) is 0 Å². The second kappa shape index (κ2) is 3.61. The maximum absolute atomic E-state index is 10.6. The van der Waals surface area contributed by atoms with Gasteiger partial charge in [0.1, 0.15) is 0 Å². The molecule has 0 bridgehead atoms. The smallest absolute Gasteiger partial charge is 0.333 e. The second-order valence-electron chi connectivity index (χ2n) is 2.38. The van der Waals surface area contributed by atoms with E-state index in [-0.39, 0.29) is 0 Å². The van der Waals surface area contributed by atoms with Crippen LogP contribution in [0.15, 0.2) is 30.3 Å². The van der Waals surface area contributed by atoms with Crippen LogP contribution in [0.2, 0.25) is 0 Å². The Bertz CT molecular complexity index is 260. The van der Waals surface area contributed by atoms with Crippen molar-refractivity contribution < 1.29 is 4.79 Å². The summed E-state index contributed by atoms with van der Waals surface area (Å²) >= 11 is 0. The Morgan fingerprint density at radius 2 is 2.00 bits per heavy atom. The molecule has 1 rings (SSSR count). The predicted octanol–water partition coefficient (Wildman–Crippen LogP) is 1.02. The molecular formula is C8H11N3O. The molecule has 0 fully saturated rings. The zero-order valence-electron chi connectivity index (χ0n) is 6.82. The monoisotopic (exact) mass is 165 g/mol. The van der Waals surface area contributed by atoms with Crippen LogP contribution in [0.5, 0.6) is 0 Å². The number of carbonyl (C=O) groups is 1. The number of hydrogen-bond acceptors (Lipinski definition) is 2. The van der Waals surface area contributed by atoms with E-state index >= 15 is 0 Å². The molecule has 1 aromatic carbocycles. The maximum atomic E-state index is 10.6. The molecule has 0 spiro atoms. The second-order valence-corrected chi connectivity index (χ2v) is 2.38. The van der Waals surface area contributed by atoms with Crippen molar-refractivity contribution in [2.24, 2.45) is 5.73 Å². The molecule has 1 aromatic rings. The van der Waals surface area contributed by atoms with Crippen molar-refractivity contribution >= 4 is 11.7 Å². The summed E-state index contributed by atoms with van der Waals surface area (Å²) in [7, 11) is 1.56. The molecule has 0 heterocycles. The van der Waals surface area contributed by atoms with Crippen molar-refractivity contribution in [1.82, 2.24) is 5.01 Å². The maximum Gasteiger partial charge on any atom is 0.333 e. The van der Waals surface area contributed by atoms with Gasteiger partial charge in [-0.15, -0.1) is 0 Å². The summed E-state index contributed by atoms with van der Waals surface area (Å²) in [5.41, 5.74) is 8.64. The molecule has 12 heavy (non-hydrogen) atoms. The molecule has 3 N–H and O–H groups in total. The molecule has 0 radical (unpaired) electrons. The van der Waals surface area contributed by atoms with Crippen LogP contribution < -0.4 is 11.2 Å². The van der Waals surface area contributed by atoms with Crippen molar-refractivity contribution in [3.8, 4) is 0 Å². The SMILES string of the molecule is CN(Nc1ccccc1)C(N)=O. The van der Waals surface area contributed by atoms with Crippen molar-refractivity contribution in [2.75, 3.05) is 12.5 Å². The Morgan fingerprint density at radius 3 is 2.50 bits per heavy atom. The molecule has 0 atom stereocenters. The third-order valence-electron chi connectivity index (χ3n) is 1.40. The van der Waals surface area contributed by atoms with Crippen LogP contribution >= 0.6 is 0 Å². The van der Waals surface area contributed by atoms with E-state index < -0.39 is 6.03 Å². The Hall–Kier alpha value is -1.71. The fourth-order valence-electron chi connectivity index (χ4n) is 0.761. The van der Waals surface area contributed by atoms with Crippen LogP contribution in [0, 0.1) is 0 Å². The minimum absolute atomic E-state index is 0.515. The number of nitrogens with zero attached hydrogens (tertiary/aromatic N) is 1. The number of urea groups is 1. The lowest BCUT2D eigenvalue weighted by molar-refractivity contribution is 0.226. The first kappa shape index (κ1) is 8.39. The number of benzene rings is 1. The highest BCUT2D eigenvalue weighted by atomic mass is 16.2. The molecule has 2 amide bonds. The lowest BCUT2D eigenvalue weighted by Crippen LogP contribution is -2.36. The third-order valence-corrected chi connectivity index (χ3v) is 1.40. The summed E-state index contributed by atoms with van der Waals surface area (Å²) in [4.78, 5) is 10.6. The van der Waals surface area contributed by atoms with Gasteiger partial charge in [0.05, 0.1) is 5.69 Å². The van der Waals surface area contributed by atoms with Crippen LogP contribution in [-0.2, 0) is 0 Å². The van der Waals surface area contributed by atoms with E-state index in [9.17, 15) is 4.79 Å².